The SMILES string of the molecule is CSc1nc(C)c(CCC(=O)NCc2ccc(Br)s2)c(=O)[nH]1. The molecular formula is C14H16BrN3O2S2. The Morgan fingerprint density at radius 1 is 1.50 bits per heavy atom. The van der Waals surface area contributed by atoms with E-state index in [-0.39, 0.29) is 17.9 Å². The standard InChI is InChI=1S/C14H16BrN3O2S2/c1-8-10(13(20)18-14(17-8)21-2)4-6-12(19)16-7-9-3-5-11(15)22-9/h3,5H,4,6-7H2,1-2H3,(H,16,19)(H,17,18,20). The molecule has 0 spiro atoms. The third kappa shape index (κ3) is 4.69. The number of aromatic amines is 1. The zero-order valence-electron chi connectivity index (χ0n) is 12.2. The van der Waals surface area contributed by atoms with E-state index in [0.29, 0.717) is 29.4 Å². The lowest BCUT2D eigenvalue weighted by Gasteiger charge is -2.06. The van der Waals surface area contributed by atoms with E-state index in [1.807, 2.05) is 18.4 Å². The predicted octanol–water partition coefficient (Wildman–Crippen LogP) is 2.87. The number of carbonyl (C=O) groups excluding carboxylic acids is 1. The Morgan fingerprint density at radius 2 is 2.27 bits per heavy atom. The van der Waals surface area contributed by atoms with Gasteiger partial charge in [0.1, 0.15) is 0 Å². The van der Waals surface area contributed by atoms with E-state index in [0.717, 1.165) is 8.66 Å². The fraction of sp³-hybridized carbons (Fsp3) is 0.357. The lowest BCUT2D eigenvalue weighted by molar-refractivity contribution is -0.121. The summed E-state index contributed by atoms with van der Waals surface area (Å²) in [6, 6.07) is 3.92. The van der Waals surface area contributed by atoms with Crippen molar-refractivity contribution < 1.29 is 4.79 Å². The molecule has 1 amide bonds. The van der Waals surface area contributed by atoms with Gasteiger partial charge < -0.3 is 10.3 Å². The summed E-state index contributed by atoms with van der Waals surface area (Å²) in [6.07, 6.45) is 2.52. The molecule has 2 N–H and O–H groups in total. The van der Waals surface area contributed by atoms with Crippen LogP contribution in [0.2, 0.25) is 0 Å². The smallest absolute Gasteiger partial charge is 0.254 e. The van der Waals surface area contributed by atoms with E-state index in [1.54, 1.807) is 18.3 Å². The second-order valence-corrected chi connectivity index (χ2v) is 7.96. The van der Waals surface area contributed by atoms with Gasteiger partial charge in [0.05, 0.1) is 10.3 Å². The summed E-state index contributed by atoms with van der Waals surface area (Å²) >= 11 is 6.36. The second kappa shape index (κ2) is 7.94. The summed E-state index contributed by atoms with van der Waals surface area (Å²) in [5, 5.41) is 3.45. The molecule has 0 aliphatic carbocycles. The minimum Gasteiger partial charge on any atom is -0.351 e. The Hall–Kier alpha value is -1.12. The fourth-order valence-electron chi connectivity index (χ4n) is 1.94. The van der Waals surface area contributed by atoms with Crippen LogP contribution in [0.4, 0.5) is 0 Å². The van der Waals surface area contributed by atoms with Gasteiger partial charge in [-0.2, -0.15) is 0 Å². The number of H-pyrrole nitrogens is 1. The zero-order chi connectivity index (χ0) is 16.1. The molecule has 2 rings (SSSR count). The average molecular weight is 402 g/mol. The first-order valence-electron chi connectivity index (χ1n) is 6.64. The van der Waals surface area contributed by atoms with Crippen LogP contribution in [-0.2, 0) is 17.8 Å². The third-order valence-corrected chi connectivity index (χ3v) is 5.29. The predicted molar refractivity (Wildman–Crippen MR) is 93.6 cm³/mol. The topological polar surface area (TPSA) is 74.8 Å². The van der Waals surface area contributed by atoms with Gasteiger partial charge >= 0.3 is 0 Å². The van der Waals surface area contributed by atoms with Crippen LogP contribution in [0.25, 0.3) is 0 Å². The number of thiophene rings is 1. The Kier molecular flexibility index (Phi) is 6.22. The van der Waals surface area contributed by atoms with Gasteiger partial charge in [-0.15, -0.1) is 11.3 Å². The minimum absolute atomic E-state index is 0.0720. The molecule has 2 aromatic rings. The molecule has 0 atom stereocenters. The molecule has 0 saturated heterocycles. The van der Waals surface area contributed by atoms with Crippen LogP contribution in [0, 0.1) is 6.92 Å². The lowest BCUT2D eigenvalue weighted by atomic mass is 10.1. The minimum atomic E-state index is -0.160. The van der Waals surface area contributed by atoms with E-state index in [4.69, 9.17) is 0 Å². The monoisotopic (exact) mass is 401 g/mol. The number of nitrogens with one attached hydrogen (secondary N) is 2. The zero-order valence-corrected chi connectivity index (χ0v) is 15.5. The number of hydrogen-bond acceptors (Lipinski definition) is 5. The summed E-state index contributed by atoms with van der Waals surface area (Å²) in [5.41, 5.74) is 1.10. The molecule has 0 bridgehead atoms. The highest BCUT2D eigenvalue weighted by atomic mass is 79.9. The molecule has 0 aromatic carbocycles. The summed E-state index contributed by atoms with van der Waals surface area (Å²) in [5.74, 6) is -0.0720. The number of hydrogen-bond donors (Lipinski definition) is 2. The van der Waals surface area contributed by atoms with Crippen LogP contribution >= 0.6 is 39.0 Å². The highest BCUT2D eigenvalue weighted by molar-refractivity contribution is 9.11. The summed E-state index contributed by atoms with van der Waals surface area (Å²) < 4.78 is 1.04. The number of aromatic nitrogens is 2. The molecule has 2 aromatic heterocycles. The normalized spacial score (nSPS) is 10.7. The molecule has 5 nitrogen and oxygen atoms in total. The number of nitrogens with zero attached hydrogens (tertiary/aromatic N) is 1. The molecule has 0 aliphatic rings. The Labute approximate surface area is 145 Å². The summed E-state index contributed by atoms with van der Waals surface area (Å²) in [4.78, 5) is 32.0. The van der Waals surface area contributed by atoms with Crippen molar-refractivity contribution in [2.45, 2.75) is 31.5 Å². The van der Waals surface area contributed by atoms with Crippen LogP contribution < -0.4 is 10.9 Å². The maximum atomic E-state index is 12.0. The first kappa shape index (κ1) is 17.2. The largest absolute Gasteiger partial charge is 0.351 e. The number of halogens is 1. The summed E-state index contributed by atoms with van der Waals surface area (Å²) in [6.45, 7) is 2.31. The Morgan fingerprint density at radius 3 is 2.86 bits per heavy atom. The maximum absolute atomic E-state index is 12.0. The van der Waals surface area contributed by atoms with Gasteiger partial charge in [-0.25, -0.2) is 4.98 Å². The van der Waals surface area contributed by atoms with Crippen molar-refractivity contribution in [1.29, 1.82) is 0 Å². The fourth-order valence-corrected chi connectivity index (χ4v) is 3.78. The first-order chi connectivity index (χ1) is 10.5. The summed E-state index contributed by atoms with van der Waals surface area (Å²) in [7, 11) is 0. The molecule has 118 valence electrons. The van der Waals surface area contributed by atoms with E-state index in [1.165, 1.54) is 11.8 Å². The lowest BCUT2D eigenvalue weighted by Crippen LogP contribution is -2.24. The molecule has 0 radical (unpaired) electrons. The van der Waals surface area contributed by atoms with Gasteiger partial charge in [-0.1, -0.05) is 11.8 Å². The Bertz CT molecular complexity index is 727. The van der Waals surface area contributed by atoms with Crippen LogP contribution in [0.3, 0.4) is 0 Å². The van der Waals surface area contributed by atoms with Gasteiger partial charge in [0.2, 0.25) is 5.91 Å². The number of rotatable bonds is 6. The van der Waals surface area contributed by atoms with Crippen LogP contribution in [-0.4, -0.2) is 22.1 Å². The molecule has 0 saturated carbocycles. The van der Waals surface area contributed by atoms with Crippen molar-refractivity contribution in [3.05, 3.63) is 42.4 Å². The highest BCUT2D eigenvalue weighted by Crippen LogP contribution is 2.21. The number of carbonyl (C=O) groups is 1. The molecule has 0 fully saturated rings. The highest BCUT2D eigenvalue weighted by Gasteiger charge is 2.10. The molecule has 0 aliphatic heterocycles. The first-order valence-corrected chi connectivity index (χ1v) is 9.47. The molecule has 2 heterocycles. The average Bonchev–Trinajstić information content (AvgIpc) is 2.89. The van der Waals surface area contributed by atoms with E-state index < -0.39 is 0 Å². The number of amides is 1. The Balaban J connectivity index is 1.90. The molecule has 22 heavy (non-hydrogen) atoms. The molecule has 0 unspecified atom stereocenters. The van der Waals surface area contributed by atoms with Gasteiger partial charge in [0.25, 0.3) is 5.56 Å². The van der Waals surface area contributed by atoms with E-state index in [9.17, 15) is 9.59 Å². The van der Waals surface area contributed by atoms with Gasteiger partial charge in [-0.3, -0.25) is 9.59 Å². The molecular weight excluding hydrogens is 386 g/mol. The van der Waals surface area contributed by atoms with Crippen LogP contribution in [0.5, 0.6) is 0 Å². The van der Waals surface area contributed by atoms with Gasteiger partial charge in [-0.05, 0) is 47.7 Å². The van der Waals surface area contributed by atoms with Crippen molar-refractivity contribution in [3.8, 4) is 0 Å². The second-order valence-electron chi connectivity index (χ2n) is 4.62. The van der Waals surface area contributed by atoms with Crippen molar-refractivity contribution in [3.63, 3.8) is 0 Å². The maximum Gasteiger partial charge on any atom is 0.254 e. The van der Waals surface area contributed by atoms with Crippen LogP contribution in [0.15, 0.2) is 25.9 Å². The third-order valence-electron chi connectivity index (χ3n) is 3.08. The quantitative estimate of drug-likeness (QED) is 0.576. The van der Waals surface area contributed by atoms with Crippen LogP contribution in [0.1, 0.15) is 22.6 Å². The van der Waals surface area contributed by atoms with Gasteiger partial charge in [0.15, 0.2) is 5.16 Å². The number of aryl methyl sites for hydroxylation is 1. The van der Waals surface area contributed by atoms with Crippen molar-refractivity contribution in [2.75, 3.05) is 6.26 Å². The molecule has 8 heteroatoms. The van der Waals surface area contributed by atoms with Crippen molar-refractivity contribution in [1.82, 2.24) is 15.3 Å². The van der Waals surface area contributed by atoms with Crippen molar-refractivity contribution in [2.24, 2.45) is 0 Å². The van der Waals surface area contributed by atoms with Crippen molar-refractivity contribution >= 4 is 44.9 Å². The van der Waals surface area contributed by atoms with E-state index in [2.05, 4.69) is 31.2 Å². The van der Waals surface area contributed by atoms with Gasteiger partial charge in [0, 0.05) is 22.6 Å². The number of thioether (sulfide) groups is 1. The van der Waals surface area contributed by atoms with E-state index >= 15 is 0 Å².